The van der Waals surface area contributed by atoms with Crippen LogP contribution in [0.2, 0.25) is 5.02 Å². The molecule has 3 aromatic heterocycles. The number of amides is 1. The lowest BCUT2D eigenvalue weighted by Crippen LogP contribution is -2.13. The SMILES string of the molecule is Cc1noc2nc(-c3cccs3)cc(C(=O)Nc3ccccc3Cl)c12. The number of thiophene rings is 1. The zero-order chi connectivity index (χ0) is 17.4. The van der Waals surface area contributed by atoms with Crippen LogP contribution in [0, 0.1) is 6.92 Å². The molecule has 25 heavy (non-hydrogen) atoms. The molecule has 4 rings (SSSR count). The van der Waals surface area contributed by atoms with E-state index in [4.69, 9.17) is 16.1 Å². The number of aryl methyl sites for hydroxylation is 1. The van der Waals surface area contributed by atoms with Crippen molar-refractivity contribution in [2.24, 2.45) is 0 Å². The van der Waals surface area contributed by atoms with Gasteiger partial charge in [-0.2, -0.15) is 0 Å². The van der Waals surface area contributed by atoms with Crippen LogP contribution in [0.1, 0.15) is 16.1 Å². The summed E-state index contributed by atoms with van der Waals surface area (Å²) in [4.78, 5) is 18.3. The molecule has 124 valence electrons. The highest BCUT2D eigenvalue weighted by molar-refractivity contribution is 7.13. The van der Waals surface area contributed by atoms with Gasteiger partial charge in [0.1, 0.15) is 0 Å². The number of halogens is 1. The Hall–Kier alpha value is -2.70. The first-order chi connectivity index (χ1) is 12.1. The molecule has 0 unspecified atom stereocenters. The molecule has 3 heterocycles. The normalized spacial score (nSPS) is 11.0. The van der Waals surface area contributed by atoms with Crippen LogP contribution >= 0.6 is 22.9 Å². The quantitative estimate of drug-likeness (QED) is 0.541. The summed E-state index contributed by atoms with van der Waals surface area (Å²) < 4.78 is 5.29. The molecule has 0 aliphatic rings. The van der Waals surface area contributed by atoms with Crippen molar-refractivity contribution in [2.75, 3.05) is 5.32 Å². The number of nitrogens with one attached hydrogen (secondary N) is 1. The van der Waals surface area contributed by atoms with Crippen LogP contribution in [0.3, 0.4) is 0 Å². The Morgan fingerprint density at radius 3 is 2.84 bits per heavy atom. The summed E-state index contributed by atoms with van der Waals surface area (Å²) in [5.74, 6) is -0.287. The lowest BCUT2D eigenvalue weighted by molar-refractivity contribution is 0.102. The maximum absolute atomic E-state index is 12.9. The van der Waals surface area contributed by atoms with Gasteiger partial charge in [-0.3, -0.25) is 4.79 Å². The van der Waals surface area contributed by atoms with E-state index in [-0.39, 0.29) is 5.91 Å². The fourth-order valence-electron chi connectivity index (χ4n) is 2.58. The number of rotatable bonds is 3. The number of fused-ring (bicyclic) bond motifs is 1. The van der Waals surface area contributed by atoms with Crippen molar-refractivity contribution in [3.63, 3.8) is 0 Å². The van der Waals surface area contributed by atoms with E-state index in [9.17, 15) is 4.79 Å². The summed E-state index contributed by atoms with van der Waals surface area (Å²) in [6.45, 7) is 1.78. The second kappa shape index (κ2) is 6.31. The lowest BCUT2D eigenvalue weighted by atomic mass is 10.1. The van der Waals surface area contributed by atoms with Crippen molar-refractivity contribution in [1.82, 2.24) is 10.1 Å². The monoisotopic (exact) mass is 369 g/mol. The number of hydrogen-bond donors (Lipinski definition) is 1. The molecule has 0 spiro atoms. The first-order valence-corrected chi connectivity index (χ1v) is 8.76. The summed E-state index contributed by atoms with van der Waals surface area (Å²) in [6, 6.07) is 12.7. The number of carbonyl (C=O) groups excluding carboxylic acids is 1. The van der Waals surface area contributed by atoms with Crippen LogP contribution in [0.15, 0.2) is 52.4 Å². The molecule has 1 amide bonds. The molecule has 0 bridgehead atoms. The minimum absolute atomic E-state index is 0.287. The van der Waals surface area contributed by atoms with Crippen molar-refractivity contribution < 1.29 is 9.32 Å². The minimum Gasteiger partial charge on any atom is -0.335 e. The number of nitrogens with zero attached hydrogens (tertiary/aromatic N) is 2. The van der Waals surface area contributed by atoms with Crippen LogP contribution in [-0.4, -0.2) is 16.0 Å². The highest BCUT2D eigenvalue weighted by Gasteiger charge is 2.20. The van der Waals surface area contributed by atoms with Crippen LogP contribution < -0.4 is 5.32 Å². The average molecular weight is 370 g/mol. The van der Waals surface area contributed by atoms with Gasteiger partial charge in [0, 0.05) is 0 Å². The van der Waals surface area contributed by atoms with Crippen LogP contribution in [0.5, 0.6) is 0 Å². The molecule has 0 radical (unpaired) electrons. The summed E-state index contributed by atoms with van der Waals surface area (Å²) in [5.41, 5.74) is 2.62. The third-order valence-electron chi connectivity index (χ3n) is 3.76. The Kier molecular flexibility index (Phi) is 3.99. The summed E-state index contributed by atoms with van der Waals surface area (Å²) in [6.07, 6.45) is 0. The Bertz CT molecular complexity index is 1070. The first kappa shape index (κ1) is 15.8. The lowest BCUT2D eigenvalue weighted by Gasteiger charge is -2.09. The Morgan fingerprint density at radius 2 is 2.08 bits per heavy atom. The van der Waals surface area contributed by atoms with E-state index in [2.05, 4.69) is 15.5 Å². The zero-order valence-electron chi connectivity index (χ0n) is 13.1. The topological polar surface area (TPSA) is 68.0 Å². The van der Waals surface area contributed by atoms with Crippen molar-refractivity contribution >= 4 is 45.6 Å². The molecule has 0 fully saturated rings. The third kappa shape index (κ3) is 2.90. The standard InChI is InChI=1S/C18H12ClN3O2S/c1-10-16-11(17(23)20-13-6-3-2-5-12(13)19)9-14(15-7-4-8-25-15)21-18(16)24-22-10/h2-9H,1H3,(H,20,23). The zero-order valence-corrected chi connectivity index (χ0v) is 14.7. The molecule has 0 aliphatic carbocycles. The molecule has 0 atom stereocenters. The van der Waals surface area contributed by atoms with Gasteiger partial charge in [-0.1, -0.05) is 35.0 Å². The number of hydrogen-bond acceptors (Lipinski definition) is 5. The number of para-hydroxylation sites is 1. The van der Waals surface area contributed by atoms with Crippen molar-refractivity contribution in [2.45, 2.75) is 6.92 Å². The van der Waals surface area contributed by atoms with Gasteiger partial charge in [0.15, 0.2) is 0 Å². The predicted molar refractivity (Wildman–Crippen MR) is 99.3 cm³/mol. The number of aromatic nitrogens is 2. The fraction of sp³-hybridized carbons (Fsp3) is 0.0556. The van der Waals surface area contributed by atoms with Gasteiger partial charge in [0.25, 0.3) is 11.6 Å². The molecular formula is C18H12ClN3O2S. The van der Waals surface area contributed by atoms with E-state index < -0.39 is 0 Å². The Balaban J connectivity index is 1.83. The number of anilines is 1. The molecular weight excluding hydrogens is 358 g/mol. The van der Waals surface area contributed by atoms with Crippen LogP contribution in [0.4, 0.5) is 5.69 Å². The highest BCUT2D eigenvalue weighted by Crippen LogP contribution is 2.30. The Morgan fingerprint density at radius 1 is 1.24 bits per heavy atom. The first-order valence-electron chi connectivity index (χ1n) is 7.50. The molecule has 0 saturated heterocycles. The molecule has 4 aromatic rings. The van der Waals surface area contributed by atoms with Gasteiger partial charge in [0.2, 0.25) is 0 Å². The van der Waals surface area contributed by atoms with Crippen molar-refractivity contribution in [1.29, 1.82) is 0 Å². The summed E-state index contributed by atoms with van der Waals surface area (Å²) in [5, 5.41) is 9.82. The minimum atomic E-state index is -0.287. The highest BCUT2D eigenvalue weighted by atomic mass is 35.5. The number of pyridine rings is 1. The fourth-order valence-corrected chi connectivity index (χ4v) is 3.45. The van der Waals surface area contributed by atoms with Gasteiger partial charge in [-0.15, -0.1) is 11.3 Å². The van der Waals surface area contributed by atoms with E-state index in [1.54, 1.807) is 36.5 Å². The predicted octanol–water partition coefficient (Wildman–Crippen LogP) is 5.17. The smallest absolute Gasteiger partial charge is 0.259 e. The number of carbonyl (C=O) groups is 1. The van der Waals surface area contributed by atoms with Crippen molar-refractivity contribution in [3.8, 4) is 10.6 Å². The van der Waals surface area contributed by atoms with Crippen molar-refractivity contribution in [3.05, 3.63) is 64.1 Å². The summed E-state index contributed by atoms with van der Waals surface area (Å²) >= 11 is 7.68. The molecule has 7 heteroatoms. The molecule has 1 aromatic carbocycles. The van der Waals surface area contributed by atoms with Gasteiger partial charge in [-0.05, 0) is 36.6 Å². The molecule has 0 saturated carbocycles. The van der Waals surface area contributed by atoms with Gasteiger partial charge in [0.05, 0.1) is 37.9 Å². The average Bonchev–Trinajstić information content (AvgIpc) is 3.26. The maximum Gasteiger partial charge on any atom is 0.259 e. The summed E-state index contributed by atoms with van der Waals surface area (Å²) in [7, 11) is 0. The molecule has 5 nitrogen and oxygen atoms in total. The number of benzene rings is 1. The van der Waals surface area contributed by atoms with E-state index in [0.717, 1.165) is 4.88 Å². The molecule has 1 N–H and O–H groups in total. The van der Waals surface area contributed by atoms with Crippen LogP contribution in [0.25, 0.3) is 21.7 Å². The third-order valence-corrected chi connectivity index (χ3v) is 4.98. The van der Waals surface area contributed by atoms with Gasteiger partial charge >= 0.3 is 0 Å². The van der Waals surface area contributed by atoms with Crippen LogP contribution in [-0.2, 0) is 0 Å². The Labute approximate surface area is 152 Å². The largest absolute Gasteiger partial charge is 0.335 e. The van der Waals surface area contributed by atoms with Gasteiger partial charge < -0.3 is 9.84 Å². The second-order valence-electron chi connectivity index (χ2n) is 5.41. The van der Waals surface area contributed by atoms with E-state index in [0.29, 0.717) is 38.8 Å². The van der Waals surface area contributed by atoms with E-state index in [1.165, 1.54) is 0 Å². The maximum atomic E-state index is 12.9. The van der Waals surface area contributed by atoms with Gasteiger partial charge in [-0.25, -0.2) is 4.98 Å². The second-order valence-corrected chi connectivity index (χ2v) is 6.77. The van der Waals surface area contributed by atoms with E-state index >= 15 is 0 Å². The van der Waals surface area contributed by atoms with E-state index in [1.807, 2.05) is 29.6 Å². The molecule has 0 aliphatic heterocycles.